The van der Waals surface area contributed by atoms with Crippen LogP contribution in [0.15, 0.2) is 41.0 Å². The van der Waals surface area contributed by atoms with E-state index in [1.54, 1.807) is 12.3 Å². The molecular formula is C13H12N2O2S. The number of aliphatic imine (C=N–C) groups is 1. The number of nitrogens with zero attached hydrogens (tertiary/aromatic N) is 2. The van der Waals surface area contributed by atoms with Gasteiger partial charge in [0, 0.05) is 6.92 Å². The number of hydrogen-bond acceptors (Lipinski definition) is 4. The second-order valence-electron chi connectivity index (χ2n) is 3.70. The second kappa shape index (κ2) is 5.18. The van der Waals surface area contributed by atoms with Crippen molar-refractivity contribution in [3.8, 4) is 0 Å². The number of carbonyl (C=O) groups excluding carboxylic acids is 2. The minimum absolute atomic E-state index is 0.292. The van der Waals surface area contributed by atoms with Gasteiger partial charge in [0.1, 0.15) is 5.70 Å². The molecule has 18 heavy (non-hydrogen) atoms. The Hall–Kier alpha value is -1.88. The lowest BCUT2D eigenvalue weighted by Gasteiger charge is -2.10. The third kappa shape index (κ3) is 2.36. The summed E-state index contributed by atoms with van der Waals surface area (Å²) < 4.78 is 0. The quantitative estimate of drug-likeness (QED) is 0.727. The van der Waals surface area contributed by atoms with Crippen LogP contribution in [0.4, 0.5) is 0 Å². The average molecular weight is 260 g/mol. The summed E-state index contributed by atoms with van der Waals surface area (Å²) in [6.07, 6.45) is 3.47. The molecule has 1 aromatic rings. The normalized spacial score (nSPS) is 17.2. The standard InChI is InChI=1S/C13H12N2O2S/c1-9(16)15-12(17)11(14-13(15)18-2)8-10-6-4-3-5-7-10/h3-8H,1-2H3/b11-8-. The van der Waals surface area contributed by atoms with E-state index < -0.39 is 0 Å². The molecule has 0 saturated carbocycles. The van der Waals surface area contributed by atoms with Crippen LogP contribution in [-0.2, 0) is 9.59 Å². The predicted octanol–water partition coefficient (Wildman–Crippen LogP) is 2.14. The lowest BCUT2D eigenvalue weighted by atomic mass is 10.2. The Kier molecular flexibility index (Phi) is 3.62. The van der Waals surface area contributed by atoms with Gasteiger partial charge >= 0.3 is 0 Å². The first-order valence-corrected chi connectivity index (χ1v) is 6.60. The Morgan fingerprint density at radius 2 is 2.00 bits per heavy atom. The highest BCUT2D eigenvalue weighted by Gasteiger charge is 2.32. The van der Waals surface area contributed by atoms with Crippen molar-refractivity contribution in [2.45, 2.75) is 6.92 Å². The van der Waals surface area contributed by atoms with Crippen molar-refractivity contribution in [1.29, 1.82) is 0 Å². The van der Waals surface area contributed by atoms with E-state index in [0.29, 0.717) is 10.9 Å². The minimum atomic E-state index is -0.365. The van der Waals surface area contributed by atoms with Crippen molar-refractivity contribution < 1.29 is 9.59 Å². The van der Waals surface area contributed by atoms with Crippen LogP contribution in [0.1, 0.15) is 12.5 Å². The Bertz CT molecular complexity index is 549. The number of imide groups is 1. The van der Waals surface area contributed by atoms with E-state index in [-0.39, 0.29) is 11.8 Å². The number of rotatable bonds is 1. The molecular weight excluding hydrogens is 248 g/mol. The zero-order chi connectivity index (χ0) is 13.1. The number of carbonyl (C=O) groups is 2. The first-order valence-electron chi connectivity index (χ1n) is 5.38. The average Bonchev–Trinajstić information content (AvgIpc) is 2.67. The molecule has 0 spiro atoms. The highest BCUT2D eigenvalue weighted by Crippen LogP contribution is 2.22. The maximum absolute atomic E-state index is 12.0. The maximum Gasteiger partial charge on any atom is 0.285 e. The van der Waals surface area contributed by atoms with E-state index in [0.717, 1.165) is 10.5 Å². The van der Waals surface area contributed by atoms with Crippen molar-refractivity contribution in [1.82, 2.24) is 4.90 Å². The van der Waals surface area contributed by atoms with Crippen LogP contribution in [0.5, 0.6) is 0 Å². The molecule has 2 rings (SSSR count). The van der Waals surface area contributed by atoms with Crippen molar-refractivity contribution in [2.24, 2.45) is 4.99 Å². The molecule has 0 N–H and O–H groups in total. The molecule has 0 unspecified atom stereocenters. The van der Waals surface area contributed by atoms with Crippen LogP contribution in [0.2, 0.25) is 0 Å². The monoisotopic (exact) mass is 260 g/mol. The minimum Gasteiger partial charge on any atom is -0.274 e. The Labute approximate surface area is 109 Å². The summed E-state index contributed by atoms with van der Waals surface area (Å²) in [5.41, 5.74) is 1.18. The molecule has 4 nitrogen and oxygen atoms in total. The number of benzene rings is 1. The number of amides is 2. The Morgan fingerprint density at radius 3 is 2.50 bits per heavy atom. The van der Waals surface area contributed by atoms with E-state index in [1.807, 2.05) is 30.3 Å². The van der Waals surface area contributed by atoms with Gasteiger partial charge in [0.15, 0.2) is 5.17 Å². The summed E-state index contributed by atoms with van der Waals surface area (Å²) in [6.45, 7) is 1.36. The molecule has 1 aliphatic heterocycles. The molecule has 5 heteroatoms. The van der Waals surface area contributed by atoms with E-state index in [2.05, 4.69) is 4.99 Å². The molecule has 0 atom stereocenters. The predicted molar refractivity (Wildman–Crippen MR) is 72.9 cm³/mol. The van der Waals surface area contributed by atoms with Crippen LogP contribution >= 0.6 is 11.8 Å². The molecule has 2 amide bonds. The third-order valence-corrected chi connectivity index (χ3v) is 3.07. The Morgan fingerprint density at radius 1 is 1.33 bits per heavy atom. The van der Waals surface area contributed by atoms with Gasteiger partial charge in [0.2, 0.25) is 5.91 Å². The van der Waals surface area contributed by atoms with Gasteiger partial charge in [-0.15, -0.1) is 0 Å². The fourth-order valence-corrected chi connectivity index (χ4v) is 2.20. The topological polar surface area (TPSA) is 49.7 Å². The Balaban J connectivity index is 2.37. The zero-order valence-electron chi connectivity index (χ0n) is 10.1. The molecule has 1 heterocycles. The largest absolute Gasteiger partial charge is 0.285 e. The molecule has 1 aliphatic rings. The van der Waals surface area contributed by atoms with Gasteiger partial charge in [-0.1, -0.05) is 42.1 Å². The van der Waals surface area contributed by atoms with Crippen molar-refractivity contribution in [3.63, 3.8) is 0 Å². The molecule has 92 valence electrons. The van der Waals surface area contributed by atoms with Gasteiger partial charge in [0.05, 0.1) is 0 Å². The summed E-state index contributed by atoms with van der Waals surface area (Å²) in [6, 6.07) is 9.43. The van der Waals surface area contributed by atoms with E-state index in [4.69, 9.17) is 0 Å². The van der Waals surface area contributed by atoms with Gasteiger partial charge in [-0.2, -0.15) is 0 Å². The number of thioether (sulfide) groups is 1. The highest BCUT2D eigenvalue weighted by molar-refractivity contribution is 8.13. The van der Waals surface area contributed by atoms with Gasteiger partial charge in [0.25, 0.3) is 5.91 Å². The van der Waals surface area contributed by atoms with Gasteiger partial charge in [-0.3, -0.25) is 9.59 Å². The molecule has 0 bridgehead atoms. The van der Waals surface area contributed by atoms with Gasteiger partial charge in [-0.25, -0.2) is 9.89 Å². The smallest absolute Gasteiger partial charge is 0.274 e. The summed E-state index contributed by atoms with van der Waals surface area (Å²) in [4.78, 5) is 28.7. The fourth-order valence-electron chi connectivity index (χ4n) is 1.62. The summed E-state index contributed by atoms with van der Waals surface area (Å²) in [5.74, 6) is -0.680. The van der Waals surface area contributed by atoms with E-state index in [1.165, 1.54) is 18.7 Å². The molecule has 1 aromatic carbocycles. The van der Waals surface area contributed by atoms with E-state index >= 15 is 0 Å². The van der Waals surface area contributed by atoms with Crippen LogP contribution in [0.3, 0.4) is 0 Å². The molecule has 0 radical (unpaired) electrons. The van der Waals surface area contributed by atoms with Gasteiger partial charge in [-0.05, 0) is 17.9 Å². The van der Waals surface area contributed by atoms with Crippen LogP contribution < -0.4 is 0 Å². The van der Waals surface area contributed by atoms with Crippen molar-refractivity contribution in [2.75, 3.05) is 6.26 Å². The number of hydrogen-bond donors (Lipinski definition) is 0. The molecule has 0 aliphatic carbocycles. The van der Waals surface area contributed by atoms with Crippen molar-refractivity contribution >= 4 is 34.8 Å². The first-order chi connectivity index (χ1) is 8.63. The van der Waals surface area contributed by atoms with Crippen LogP contribution in [0, 0.1) is 0 Å². The van der Waals surface area contributed by atoms with Gasteiger partial charge < -0.3 is 0 Å². The molecule has 0 saturated heterocycles. The second-order valence-corrected chi connectivity index (χ2v) is 4.47. The maximum atomic E-state index is 12.0. The summed E-state index contributed by atoms with van der Waals surface area (Å²) in [5, 5.41) is 0.426. The third-order valence-electron chi connectivity index (χ3n) is 2.43. The molecule has 0 aromatic heterocycles. The fraction of sp³-hybridized carbons (Fsp3) is 0.154. The van der Waals surface area contributed by atoms with Crippen LogP contribution in [-0.4, -0.2) is 28.1 Å². The SMILES string of the molecule is CSC1=N/C(=C\c2ccccc2)C(=O)N1C(C)=O. The summed E-state index contributed by atoms with van der Waals surface area (Å²) in [7, 11) is 0. The number of amidine groups is 1. The van der Waals surface area contributed by atoms with Crippen LogP contribution in [0.25, 0.3) is 6.08 Å². The molecule has 0 fully saturated rings. The van der Waals surface area contributed by atoms with Crippen molar-refractivity contribution in [3.05, 3.63) is 41.6 Å². The first kappa shape index (κ1) is 12.6. The lowest BCUT2D eigenvalue weighted by molar-refractivity contribution is -0.135. The van der Waals surface area contributed by atoms with E-state index in [9.17, 15) is 9.59 Å². The zero-order valence-corrected chi connectivity index (χ0v) is 10.9. The highest BCUT2D eigenvalue weighted by atomic mass is 32.2. The summed E-state index contributed by atoms with van der Waals surface area (Å²) >= 11 is 1.28. The lowest BCUT2D eigenvalue weighted by Crippen LogP contribution is -2.34.